The highest BCUT2D eigenvalue weighted by Gasteiger charge is 2.25. The van der Waals surface area contributed by atoms with Gasteiger partial charge in [-0.25, -0.2) is 9.97 Å². The van der Waals surface area contributed by atoms with Gasteiger partial charge in [-0.15, -0.1) is 11.3 Å². The van der Waals surface area contributed by atoms with E-state index in [1.54, 1.807) is 17.7 Å². The average Bonchev–Trinajstić information content (AvgIpc) is 3.07. The van der Waals surface area contributed by atoms with Crippen molar-refractivity contribution in [2.24, 2.45) is 0 Å². The first-order chi connectivity index (χ1) is 8.34. The molecule has 0 unspecified atom stereocenters. The van der Waals surface area contributed by atoms with E-state index in [4.69, 9.17) is 0 Å². The van der Waals surface area contributed by atoms with E-state index in [1.165, 1.54) is 12.8 Å². The topological polar surface area (TPSA) is 41.0 Å². The summed E-state index contributed by atoms with van der Waals surface area (Å²) in [5, 5.41) is 5.46. The minimum atomic E-state index is 0.823. The molecule has 5 heteroatoms. The first-order valence-electron chi connectivity index (χ1n) is 5.97. The number of nitrogens with one attached hydrogen (secondary N) is 1. The predicted molar refractivity (Wildman–Crippen MR) is 71.6 cm³/mol. The van der Waals surface area contributed by atoms with Gasteiger partial charge in [-0.05, 0) is 31.3 Å². The zero-order valence-electron chi connectivity index (χ0n) is 9.89. The Morgan fingerprint density at radius 3 is 3.18 bits per heavy atom. The molecule has 2 aromatic rings. The lowest BCUT2D eigenvalue weighted by Crippen LogP contribution is -2.27. The van der Waals surface area contributed by atoms with Gasteiger partial charge in [0.25, 0.3) is 0 Å². The van der Waals surface area contributed by atoms with Crippen LogP contribution in [0, 0.1) is 0 Å². The Labute approximate surface area is 105 Å². The van der Waals surface area contributed by atoms with E-state index in [2.05, 4.69) is 32.6 Å². The van der Waals surface area contributed by atoms with Gasteiger partial charge in [0.1, 0.15) is 12.1 Å². The minimum absolute atomic E-state index is 0.823. The minimum Gasteiger partial charge on any atom is -0.367 e. The number of nitrogens with zero attached hydrogens (tertiary/aromatic N) is 3. The summed E-state index contributed by atoms with van der Waals surface area (Å²) < 4.78 is 1.15. The Balaban J connectivity index is 1.62. The molecule has 0 aliphatic heterocycles. The Morgan fingerprint density at radius 1 is 1.47 bits per heavy atom. The maximum Gasteiger partial charge on any atom is 0.147 e. The molecule has 1 fully saturated rings. The molecule has 4 nitrogen and oxygen atoms in total. The highest BCUT2D eigenvalue weighted by molar-refractivity contribution is 7.17. The van der Waals surface area contributed by atoms with Crippen molar-refractivity contribution in [2.45, 2.75) is 18.9 Å². The van der Waals surface area contributed by atoms with E-state index in [0.717, 1.165) is 35.2 Å². The molecule has 2 heterocycles. The van der Waals surface area contributed by atoms with Gasteiger partial charge in [0.15, 0.2) is 0 Å². The number of likely N-dealkylation sites (N-methyl/N-ethyl adjacent to an activating group) is 1. The first kappa shape index (κ1) is 10.9. The molecule has 0 bridgehead atoms. The molecule has 0 saturated heterocycles. The van der Waals surface area contributed by atoms with E-state index < -0.39 is 0 Å². The molecule has 90 valence electrons. The number of hydrogen-bond donors (Lipinski definition) is 1. The monoisotopic (exact) mass is 248 g/mol. The van der Waals surface area contributed by atoms with Gasteiger partial charge in [0.05, 0.1) is 10.2 Å². The van der Waals surface area contributed by atoms with Crippen LogP contribution in [0.5, 0.6) is 0 Å². The normalized spacial score (nSPS) is 15.6. The molecule has 2 aromatic heterocycles. The van der Waals surface area contributed by atoms with Crippen molar-refractivity contribution in [1.29, 1.82) is 0 Å². The summed E-state index contributed by atoms with van der Waals surface area (Å²) in [5.41, 5.74) is 1.03. The van der Waals surface area contributed by atoms with Crippen LogP contribution in [-0.2, 0) is 0 Å². The van der Waals surface area contributed by atoms with E-state index in [-0.39, 0.29) is 0 Å². The third-order valence-electron chi connectivity index (χ3n) is 3.17. The second-order valence-electron chi connectivity index (χ2n) is 4.50. The third-order valence-corrected chi connectivity index (χ3v) is 4.08. The van der Waals surface area contributed by atoms with Crippen molar-refractivity contribution >= 4 is 27.4 Å². The quantitative estimate of drug-likeness (QED) is 0.880. The summed E-state index contributed by atoms with van der Waals surface area (Å²) >= 11 is 1.69. The standard InChI is InChI=1S/C12H16N4S/c1-16(9-2-3-9)6-5-13-12-11-10(4-7-17-11)14-8-15-12/h4,7-9H,2-3,5-6H2,1H3,(H,13,14,15). The fourth-order valence-electron chi connectivity index (χ4n) is 1.96. The fourth-order valence-corrected chi connectivity index (χ4v) is 2.77. The number of thiophene rings is 1. The van der Waals surface area contributed by atoms with Crippen molar-refractivity contribution in [3.05, 3.63) is 17.8 Å². The van der Waals surface area contributed by atoms with Gasteiger partial charge in [0.2, 0.25) is 0 Å². The maximum absolute atomic E-state index is 4.31. The van der Waals surface area contributed by atoms with E-state index >= 15 is 0 Å². The second-order valence-corrected chi connectivity index (χ2v) is 5.41. The molecule has 0 spiro atoms. The number of fused-ring (bicyclic) bond motifs is 1. The summed E-state index contributed by atoms with van der Waals surface area (Å²) in [7, 11) is 2.19. The van der Waals surface area contributed by atoms with Crippen LogP contribution in [0.25, 0.3) is 10.2 Å². The Bertz CT molecular complexity index is 506. The molecule has 17 heavy (non-hydrogen) atoms. The number of anilines is 1. The third kappa shape index (κ3) is 2.40. The summed E-state index contributed by atoms with van der Waals surface area (Å²) in [5.74, 6) is 0.967. The highest BCUT2D eigenvalue weighted by Crippen LogP contribution is 2.26. The van der Waals surface area contributed by atoms with Crippen molar-refractivity contribution in [3.8, 4) is 0 Å². The SMILES string of the molecule is CN(CCNc1ncnc2ccsc12)C1CC1. The van der Waals surface area contributed by atoms with Gasteiger partial charge < -0.3 is 10.2 Å². The van der Waals surface area contributed by atoms with Crippen LogP contribution in [0.3, 0.4) is 0 Å². The summed E-state index contributed by atoms with van der Waals surface area (Å²) in [6.45, 7) is 2.01. The molecule has 1 aliphatic carbocycles. The van der Waals surface area contributed by atoms with Gasteiger partial charge in [-0.1, -0.05) is 0 Å². The zero-order chi connectivity index (χ0) is 11.7. The number of aromatic nitrogens is 2. The molecule has 0 amide bonds. The van der Waals surface area contributed by atoms with Gasteiger partial charge >= 0.3 is 0 Å². The summed E-state index contributed by atoms with van der Waals surface area (Å²) in [6, 6.07) is 2.85. The molecule has 1 N–H and O–H groups in total. The highest BCUT2D eigenvalue weighted by atomic mass is 32.1. The summed E-state index contributed by atoms with van der Waals surface area (Å²) in [4.78, 5) is 11.0. The Hall–Kier alpha value is -1.20. The first-order valence-corrected chi connectivity index (χ1v) is 6.85. The van der Waals surface area contributed by atoms with E-state index in [1.807, 2.05) is 6.07 Å². The number of hydrogen-bond acceptors (Lipinski definition) is 5. The molecule has 3 rings (SSSR count). The van der Waals surface area contributed by atoms with Crippen molar-refractivity contribution < 1.29 is 0 Å². The molecular weight excluding hydrogens is 232 g/mol. The van der Waals surface area contributed by atoms with Crippen LogP contribution >= 0.6 is 11.3 Å². The average molecular weight is 248 g/mol. The van der Waals surface area contributed by atoms with Crippen LogP contribution < -0.4 is 5.32 Å². The van der Waals surface area contributed by atoms with E-state index in [0.29, 0.717) is 0 Å². The zero-order valence-corrected chi connectivity index (χ0v) is 10.7. The van der Waals surface area contributed by atoms with Crippen molar-refractivity contribution in [2.75, 3.05) is 25.5 Å². The molecule has 1 saturated carbocycles. The predicted octanol–water partition coefficient (Wildman–Crippen LogP) is 2.20. The van der Waals surface area contributed by atoms with Gasteiger partial charge in [-0.2, -0.15) is 0 Å². The molecule has 0 atom stereocenters. The lowest BCUT2D eigenvalue weighted by atomic mass is 10.4. The Kier molecular flexibility index (Phi) is 2.94. The van der Waals surface area contributed by atoms with Crippen LogP contribution in [0.1, 0.15) is 12.8 Å². The van der Waals surface area contributed by atoms with Gasteiger partial charge in [0, 0.05) is 19.1 Å². The second kappa shape index (κ2) is 4.58. The van der Waals surface area contributed by atoms with Crippen molar-refractivity contribution in [1.82, 2.24) is 14.9 Å². The fraction of sp³-hybridized carbons (Fsp3) is 0.500. The largest absolute Gasteiger partial charge is 0.367 e. The van der Waals surface area contributed by atoms with Crippen LogP contribution in [0.15, 0.2) is 17.8 Å². The molecule has 1 aliphatic rings. The Morgan fingerprint density at radius 2 is 2.35 bits per heavy atom. The summed E-state index contributed by atoms with van der Waals surface area (Å²) in [6.07, 6.45) is 4.35. The van der Waals surface area contributed by atoms with Crippen LogP contribution in [0.4, 0.5) is 5.82 Å². The lowest BCUT2D eigenvalue weighted by molar-refractivity contribution is 0.337. The molecular formula is C12H16N4S. The molecule has 0 aromatic carbocycles. The van der Waals surface area contributed by atoms with Crippen LogP contribution in [0.2, 0.25) is 0 Å². The van der Waals surface area contributed by atoms with Crippen LogP contribution in [-0.4, -0.2) is 41.0 Å². The number of rotatable bonds is 5. The van der Waals surface area contributed by atoms with E-state index in [9.17, 15) is 0 Å². The maximum atomic E-state index is 4.31. The lowest BCUT2D eigenvalue weighted by Gasteiger charge is -2.15. The molecule has 0 radical (unpaired) electrons. The van der Waals surface area contributed by atoms with Crippen molar-refractivity contribution in [3.63, 3.8) is 0 Å². The van der Waals surface area contributed by atoms with Gasteiger partial charge in [-0.3, -0.25) is 0 Å². The smallest absolute Gasteiger partial charge is 0.147 e.